The van der Waals surface area contributed by atoms with Gasteiger partial charge >= 0.3 is 46.6 Å². The van der Waals surface area contributed by atoms with Crippen LogP contribution in [0.1, 0.15) is 12.8 Å². The summed E-state index contributed by atoms with van der Waals surface area (Å²) in [5.74, 6) is 0. The topological polar surface area (TPSA) is 20.2 Å². The van der Waals surface area contributed by atoms with Crippen LogP contribution < -0.4 is 0 Å². The van der Waals surface area contributed by atoms with E-state index in [2.05, 4.69) is 0 Å². The molecule has 0 fully saturated rings. The van der Waals surface area contributed by atoms with Crippen LogP contribution in [0.15, 0.2) is 0 Å². The van der Waals surface area contributed by atoms with Gasteiger partial charge in [0.05, 0.1) is 0 Å². The Morgan fingerprint density at radius 3 is 2.17 bits per heavy atom. The predicted molar refractivity (Wildman–Crippen MR) is 29.7 cm³/mol. The standard InChI is InChI=1S/C4H11AsO/c5-3-1-2-4-6/h6H,1-5H2. The van der Waals surface area contributed by atoms with Crippen molar-refractivity contribution in [3.05, 3.63) is 0 Å². The van der Waals surface area contributed by atoms with Crippen molar-refractivity contribution in [2.75, 3.05) is 6.61 Å². The van der Waals surface area contributed by atoms with Crippen molar-refractivity contribution < 1.29 is 5.11 Å². The molecule has 0 aliphatic carbocycles. The van der Waals surface area contributed by atoms with Gasteiger partial charge in [-0.1, -0.05) is 0 Å². The van der Waals surface area contributed by atoms with Crippen molar-refractivity contribution in [3.8, 4) is 0 Å². The van der Waals surface area contributed by atoms with E-state index in [4.69, 9.17) is 5.11 Å². The monoisotopic (exact) mass is 150 g/mol. The number of aliphatic hydroxyl groups excluding tert-OH is 1. The van der Waals surface area contributed by atoms with Gasteiger partial charge in [-0.15, -0.1) is 0 Å². The van der Waals surface area contributed by atoms with E-state index in [1.54, 1.807) is 16.9 Å². The first-order valence-corrected chi connectivity index (χ1v) is 3.94. The number of hydrogen-bond acceptors (Lipinski definition) is 1. The number of hydrogen-bond donors (Lipinski definition) is 1. The third-order valence-electron chi connectivity index (χ3n) is 0.612. The fourth-order valence-electron chi connectivity index (χ4n) is 0.256. The predicted octanol–water partition coefficient (Wildman–Crippen LogP) is -0.190. The molecule has 38 valence electrons. The van der Waals surface area contributed by atoms with Gasteiger partial charge in [-0.3, -0.25) is 0 Å². The molecule has 0 rings (SSSR count). The zero-order valence-electron chi connectivity index (χ0n) is 3.85. The maximum absolute atomic E-state index is 8.20. The zero-order chi connectivity index (χ0) is 4.83. The normalized spacial score (nSPS) is 9.00. The molecule has 0 saturated carbocycles. The molecule has 1 unspecified atom stereocenters. The van der Waals surface area contributed by atoms with Gasteiger partial charge in [-0.2, -0.15) is 0 Å². The summed E-state index contributed by atoms with van der Waals surface area (Å²) < 4.78 is 0. The van der Waals surface area contributed by atoms with Crippen LogP contribution in [0.4, 0.5) is 0 Å². The molecule has 0 saturated heterocycles. The van der Waals surface area contributed by atoms with E-state index < -0.39 is 0 Å². The first-order chi connectivity index (χ1) is 2.91. The Kier molecular flexibility index (Phi) is 6.00. The van der Waals surface area contributed by atoms with Gasteiger partial charge in [0.15, 0.2) is 0 Å². The van der Waals surface area contributed by atoms with Crippen LogP contribution in [0.2, 0.25) is 5.21 Å². The van der Waals surface area contributed by atoms with Gasteiger partial charge in [0, 0.05) is 0 Å². The summed E-state index contributed by atoms with van der Waals surface area (Å²) >= 11 is 1.75. The van der Waals surface area contributed by atoms with Gasteiger partial charge in [0.25, 0.3) is 0 Å². The van der Waals surface area contributed by atoms with Gasteiger partial charge in [0.1, 0.15) is 0 Å². The Morgan fingerprint density at radius 1 is 1.33 bits per heavy atom. The first kappa shape index (κ1) is 6.52. The summed E-state index contributed by atoms with van der Waals surface area (Å²) in [5, 5.41) is 9.46. The molecule has 0 heterocycles. The molecule has 0 aromatic heterocycles. The second-order valence-electron chi connectivity index (χ2n) is 1.22. The van der Waals surface area contributed by atoms with E-state index in [0.717, 1.165) is 6.42 Å². The summed E-state index contributed by atoms with van der Waals surface area (Å²) in [7, 11) is 0. The fourth-order valence-corrected chi connectivity index (χ4v) is 0.862. The van der Waals surface area contributed by atoms with Gasteiger partial charge in [-0.25, -0.2) is 0 Å². The van der Waals surface area contributed by atoms with Crippen LogP contribution in [-0.4, -0.2) is 28.6 Å². The van der Waals surface area contributed by atoms with Crippen LogP contribution in [0.5, 0.6) is 0 Å². The molecule has 0 aromatic carbocycles. The van der Waals surface area contributed by atoms with E-state index in [9.17, 15) is 0 Å². The molecular weight excluding hydrogens is 139 g/mol. The summed E-state index contributed by atoms with van der Waals surface area (Å²) in [4.78, 5) is 0. The zero-order valence-corrected chi connectivity index (χ0v) is 6.28. The number of aliphatic hydroxyl groups is 1. The Labute approximate surface area is 47.2 Å². The van der Waals surface area contributed by atoms with Gasteiger partial charge < -0.3 is 0 Å². The van der Waals surface area contributed by atoms with E-state index in [1.165, 1.54) is 11.6 Å². The van der Waals surface area contributed by atoms with E-state index in [1.807, 2.05) is 0 Å². The van der Waals surface area contributed by atoms with E-state index >= 15 is 0 Å². The Hall–Kier alpha value is 0.518. The van der Waals surface area contributed by atoms with Gasteiger partial charge in [0.2, 0.25) is 0 Å². The molecule has 2 heteroatoms. The van der Waals surface area contributed by atoms with Crippen molar-refractivity contribution in [2.24, 2.45) is 0 Å². The molecule has 1 N–H and O–H groups in total. The third-order valence-corrected chi connectivity index (χ3v) is 1.47. The molecule has 0 amide bonds. The van der Waals surface area contributed by atoms with E-state index in [0.29, 0.717) is 6.61 Å². The van der Waals surface area contributed by atoms with Crippen LogP contribution >= 0.6 is 0 Å². The SMILES string of the molecule is OCCCC[AsH2]. The average Bonchev–Trinajstić information content (AvgIpc) is 1.61. The van der Waals surface area contributed by atoms with Crippen LogP contribution in [0, 0.1) is 0 Å². The molecule has 0 radical (unpaired) electrons. The van der Waals surface area contributed by atoms with Crippen molar-refractivity contribution in [1.29, 1.82) is 0 Å². The Bertz CT molecular complexity index is 19.5. The summed E-state index contributed by atoms with van der Waals surface area (Å²) in [6.45, 7) is 0.365. The molecule has 0 spiro atoms. The fraction of sp³-hybridized carbons (Fsp3) is 1.00. The quantitative estimate of drug-likeness (QED) is 0.436. The number of unbranched alkanes of at least 4 members (excludes halogenated alkanes) is 1. The van der Waals surface area contributed by atoms with Crippen molar-refractivity contribution in [2.45, 2.75) is 18.1 Å². The molecule has 1 nitrogen and oxygen atoms in total. The molecule has 1 atom stereocenters. The minimum absolute atomic E-state index is 0.365. The second kappa shape index (κ2) is 5.52. The van der Waals surface area contributed by atoms with Crippen molar-refractivity contribution in [1.82, 2.24) is 0 Å². The Balaban J connectivity index is 2.34. The summed E-state index contributed by atoms with van der Waals surface area (Å²) in [6.07, 6.45) is 2.18. The molecule has 0 aliphatic heterocycles. The second-order valence-corrected chi connectivity index (χ2v) is 2.43. The van der Waals surface area contributed by atoms with Crippen LogP contribution in [0.25, 0.3) is 0 Å². The number of rotatable bonds is 3. The molecule has 6 heavy (non-hydrogen) atoms. The first-order valence-electron chi connectivity index (χ1n) is 2.22. The van der Waals surface area contributed by atoms with Crippen LogP contribution in [0.3, 0.4) is 0 Å². The molecular formula is C4H11AsO. The summed E-state index contributed by atoms with van der Waals surface area (Å²) in [6, 6.07) is 0. The van der Waals surface area contributed by atoms with Crippen LogP contribution in [-0.2, 0) is 0 Å². The van der Waals surface area contributed by atoms with Gasteiger partial charge in [-0.05, 0) is 0 Å². The average molecular weight is 150 g/mol. The van der Waals surface area contributed by atoms with Crippen molar-refractivity contribution in [3.63, 3.8) is 0 Å². The summed E-state index contributed by atoms with van der Waals surface area (Å²) in [5.41, 5.74) is 0. The molecule has 0 aliphatic rings. The molecule has 0 bridgehead atoms. The maximum atomic E-state index is 8.20. The molecule has 0 aromatic rings. The minimum atomic E-state index is 0.365. The van der Waals surface area contributed by atoms with E-state index in [-0.39, 0.29) is 0 Å². The van der Waals surface area contributed by atoms with Crippen molar-refractivity contribution >= 4 is 16.9 Å². The third kappa shape index (κ3) is 4.52. The Morgan fingerprint density at radius 2 is 2.00 bits per heavy atom.